The van der Waals surface area contributed by atoms with E-state index < -0.39 is 0 Å². The van der Waals surface area contributed by atoms with E-state index in [0.29, 0.717) is 17.5 Å². The van der Waals surface area contributed by atoms with Crippen LogP contribution in [0, 0.1) is 0 Å². The predicted molar refractivity (Wildman–Crippen MR) is 291 cm³/mol. The average molecular weight is 896 g/mol. The third-order valence-electron chi connectivity index (χ3n) is 13.3. The quantitative estimate of drug-likeness (QED) is 0.153. The van der Waals surface area contributed by atoms with E-state index in [1.54, 1.807) is 11.3 Å². The molecule has 0 bridgehead atoms. The number of hydrogen-bond donors (Lipinski definition) is 0. The lowest BCUT2D eigenvalue weighted by Gasteiger charge is -2.19. The Morgan fingerprint density at radius 2 is 0.754 bits per heavy atom. The van der Waals surface area contributed by atoms with E-state index in [4.69, 9.17) is 15.0 Å². The molecule has 322 valence electrons. The van der Waals surface area contributed by atoms with Gasteiger partial charge in [-0.15, -0.1) is 11.3 Å². The van der Waals surface area contributed by atoms with Gasteiger partial charge >= 0.3 is 0 Å². The molecule has 69 heavy (non-hydrogen) atoms. The summed E-state index contributed by atoms with van der Waals surface area (Å²) in [5.74, 6) is 1.85. The molecule has 0 radical (unpaired) electrons. The number of nitrogens with zero attached hydrogens (tertiary/aromatic N) is 3. The fourth-order valence-electron chi connectivity index (χ4n) is 9.94. The highest BCUT2D eigenvalue weighted by atomic mass is 32.1. The Labute approximate surface area is 404 Å². The van der Waals surface area contributed by atoms with Crippen LogP contribution >= 0.6 is 11.3 Å². The smallest absolute Gasteiger partial charge is 0.165 e. The van der Waals surface area contributed by atoms with Crippen LogP contribution < -0.4 is 0 Å². The van der Waals surface area contributed by atoms with Crippen molar-refractivity contribution in [2.24, 2.45) is 0 Å². The molecule has 13 aromatic rings. The summed E-state index contributed by atoms with van der Waals surface area (Å²) in [6.45, 7) is 0. The maximum absolute atomic E-state index is 5.57. The highest BCUT2D eigenvalue weighted by molar-refractivity contribution is 7.26. The Morgan fingerprint density at radius 1 is 0.246 bits per heavy atom. The van der Waals surface area contributed by atoms with Crippen molar-refractivity contribution in [1.29, 1.82) is 0 Å². The molecule has 2 aromatic heterocycles. The van der Waals surface area contributed by atoms with Crippen molar-refractivity contribution in [2.45, 2.75) is 0 Å². The first-order valence-corrected chi connectivity index (χ1v) is 24.1. The van der Waals surface area contributed by atoms with E-state index in [0.717, 1.165) is 65.9 Å². The zero-order valence-electron chi connectivity index (χ0n) is 37.4. The molecule has 0 spiro atoms. The van der Waals surface area contributed by atoms with Gasteiger partial charge in [-0.1, -0.05) is 212 Å². The predicted octanol–water partition coefficient (Wildman–Crippen LogP) is 17.9. The number of fused-ring (bicyclic) bond motifs is 5. The van der Waals surface area contributed by atoms with Crippen LogP contribution in [-0.2, 0) is 0 Å². The molecule has 0 saturated heterocycles. The standard InChI is InChI=1S/C65H41N3S/c1-3-16-42(17-4-1)48-35-32-44-33-36-49(41-52(44)40-48)47-22-13-23-51(39-47)63-66-64(59-30-15-29-58-56-26-11-12-31-60(56)69-62(58)59)68-65(67-63)61-54(45-19-5-2-6-20-45)27-14-28-57(61)55-25-10-9-24-53(55)50-37-34-43-18-7-8-21-46(43)38-50/h1-41H. The normalized spacial score (nSPS) is 11.5. The van der Waals surface area contributed by atoms with Crippen LogP contribution in [0.25, 0.3) is 132 Å². The number of rotatable bonds is 8. The Morgan fingerprint density at radius 3 is 1.58 bits per heavy atom. The van der Waals surface area contributed by atoms with E-state index in [9.17, 15) is 0 Å². The van der Waals surface area contributed by atoms with Crippen molar-refractivity contribution in [2.75, 3.05) is 0 Å². The number of thiophene rings is 1. The lowest BCUT2D eigenvalue weighted by atomic mass is 9.87. The van der Waals surface area contributed by atoms with Gasteiger partial charge in [0.1, 0.15) is 0 Å². The van der Waals surface area contributed by atoms with E-state index in [2.05, 4.69) is 249 Å². The monoisotopic (exact) mass is 895 g/mol. The fourth-order valence-corrected chi connectivity index (χ4v) is 11.1. The highest BCUT2D eigenvalue weighted by Gasteiger charge is 2.23. The molecule has 0 aliphatic carbocycles. The van der Waals surface area contributed by atoms with Gasteiger partial charge in [-0.25, -0.2) is 15.0 Å². The topological polar surface area (TPSA) is 38.7 Å². The van der Waals surface area contributed by atoms with Crippen LogP contribution in [0.1, 0.15) is 0 Å². The molecule has 0 aliphatic rings. The van der Waals surface area contributed by atoms with Gasteiger partial charge in [0.2, 0.25) is 0 Å². The van der Waals surface area contributed by atoms with Gasteiger partial charge in [0.15, 0.2) is 17.5 Å². The van der Waals surface area contributed by atoms with E-state index in [-0.39, 0.29) is 0 Å². The summed E-state index contributed by atoms with van der Waals surface area (Å²) in [7, 11) is 0. The van der Waals surface area contributed by atoms with Crippen molar-refractivity contribution >= 4 is 53.1 Å². The van der Waals surface area contributed by atoms with Crippen LogP contribution in [0.2, 0.25) is 0 Å². The lowest BCUT2D eigenvalue weighted by molar-refractivity contribution is 1.08. The lowest BCUT2D eigenvalue weighted by Crippen LogP contribution is -2.03. The van der Waals surface area contributed by atoms with Gasteiger partial charge in [0.05, 0.1) is 0 Å². The third-order valence-corrected chi connectivity index (χ3v) is 14.6. The zero-order valence-corrected chi connectivity index (χ0v) is 38.2. The maximum atomic E-state index is 5.57. The van der Waals surface area contributed by atoms with Gasteiger partial charge in [-0.2, -0.15) is 0 Å². The molecule has 0 aliphatic heterocycles. The minimum Gasteiger partial charge on any atom is -0.208 e. The van der Waals surface area contributed by atoms with E-state index in [1.807, 2.05) is 0 Å². The second-order valence-corrected chi connectivity index (χ2v) is 18.6. The molecule has 0 unspecified atom stereocenters. The Hall–Kier alpha value is -8.83. The first-order valence-electron chi connectivity index (χ1n) is 23.3. The summed E-state index contributed by atoms with van der Waals surface area (Å²) >= 11 is 1.79. The third kappa shape index (κ3) is 7.45. The summed E-state index contributed by atoms with van der Waals surface area (Å²) in [5, 5.41) is 7.23. The highest BCUT2D eigenvalue weighted by Crippen LogP contribution is 2.45. The Bertz CT molecular complexity index is 4080. The second kappa shape index (κ2) is 17.1. The molecule has 13 rings (SSSR count). The summed E-state index contributed by atoms with van der Waals surface area (Å²) in [6, 6.07) is 89.0. The van der Waals surface area contributed by atoms with Crippen LogP contribution in [0.3, 0.4) is 0 Å². The van der Waals surface area contributed by atoms with Gasteiger partial charge in [-0.05, 0) is 114 Å². The van der Waals surface area contributed by atoms with Gasteiger partial charge in [0, 0.05) is 36.9 Å². The zero-order chi connectivity index (χ0) is 45.7. The molecule has 0 amide bonds. The van der Waals surface area contributed by atoms with Gasteiger partial charge < -0.3 is 0 Å². The molecule has 0 atom stereocenters. The number of aromatic nitrogens is 3. The van der Waals surface area contributed by atoms with Gasteiger partial charge in [-0.3, -0.25) is 0 Å². The van der Waals surface area contributed by atoms with Crippen LogP contribution in [0.15, 0.2) is 249 Å². The largest absolute Gasteiger partial charge is 0.208 e. The Kier molecular flexibility index (Phi) is 10.0. The van der Waals surface area contributed by atoms with Crippen molar-refractivity contribution in [3.8, 4) is 89.8 Å². The average Bonchev–Trinajstić information content (AvgIpc) is 3.82. The molecule has 3 nitrogen and oxygen atoms in total. The summed E-state index contributed by atoms with van der Waals surface area (Å²) < 4.78 is 2.38. The minimum atomic E-state index is 0.610. The molecule has 4 heteroatoms. The number of hydrogen-bond acceptors (Lipinski definition) is 4. The number of benzene rings is 11. The molecular formula is C65H41N3S. The van der Waals surface area contributed by atoms with E-state index in [1.165, 1.54) is 48.1 Å². The van der Waals surface area contributed by atoms with Crippen molar-refractivity contribution in [3.05, 3.63) is 249 Å². The second-order valence-electron chi connectivity index (χ2n) is 17.5. The molecule has 2 heterocycles. The summed E-state index contributed by atoms with van der Waals surface area (Å²) in [4.78, 5) is 16.5. The minimum absolute atomic E-state index is 0.610. The summed E-state index contributed by atoms with van der Waals surface area (Å²) in [5.41, 5.74) is 14.0. The van der Waals surface area contributed by atoms with Gasteiger partial charge in [0.25, 0.3) is 0 Å². The molecule has 11 aromatic carbocycles. The molecule has 0 fully saturated rings. The first kappa shape index (κ1) is 40.4. The Balaban J connectivity index is 1.04. The van der Waals surface area contributed by atoms with Crippen molar-refractivity contribution in [1.82, 2.24) is 15.0 Å². The maximum Gasteiger partial charge on any atom is 0.165 e. The fraction of sp³-hybridized carbons (Fsp3) is 0. The van der Waals surface area contributed by atoms with E-state index >= 15 is 0 Å². The molecular weight excluding hydrogens is 855 g/mol. The SMILES string of the molecule is c1ccc(-c2ccc3ccc(-c4cccc(-c5nc(-c6c(-c7ccccc7)cccc6-c6ccccc6-c6ccc7ccccc7c6)nc(-c6cccc7c6sc6ccccc67)n5)c4)cc3c2)cc1. The van der Waals surface area contributed by atoms with Crippen LogP contribution in [-0.4, -0.2) is 15.0 Å². The molecule has 0 N–H and O–H groups in total. The first-order chi connectivity index (χ1) is 34.2. The summed E-state index contributed by atoms with van der Waals surface area (Å²) in [6.07, 6.45) is 0. The van der Waals surface area contributed by atoms with Crippen molar-refractivity contribution < 1.29 is 0 Å². The van der Waals surface area contributed by atoms with Crippen LogP contribution in [0.5, 0.6) is 0 Å². The molecule has 0 saturated carbocycles. The van der Waals surface area contributed by atoms with Crippen LogP contribution in [0.4, 0.5) is 0 Å². The van der Waals surface area contributed by atoms with Crippen molar-refractivity contribution in [3.63, 3.8) is 0 Å².